The largest absolute Gasteiger partial charge is 0.456 e. The fraction of sp³-hybridized carbons (Fsp3) is 0.286. The number of amides is 1. The van der Waals surface area contributed by atoms with Crippen molar-refractivity contribution in [3.63, 3.8) is 0 Å². The van der Waals surface area contributed by atoms with E-state index in [-0.39, 0.29) is 24.8 Å². The van der Waals surface area contributed by atoms with E-state index in [1.54, 1.807) is 30.3 Å². The summed E-state index contributed by atoms with van der Waals surface area (Å²) in [5.41, 5.74) is 3.49. The number of ketones is 1. The molecule has 0 unspecified atom stereocenters. The van der Waals surface area contributed by atoms with E-state index >= 15 is 0 Å². The number of aryl methyl sites for hydroxylation is 2. The van der Waals surface area contributed by atoms with Gasteiger partial charge in [0.25, 0.3) is 5.91 Å². The van der Waals surface area contributed by atoms with Crippen LogP contribution >= 0.6 is 15.9 Å². The highest BCUT2D eigenvalue weighted by atomic mass is 79.9. The Morgan fingerprint density at radius 3 is 2.52 bits per heavy atom. The lowest BCUT2D eigenvalue weighted by Crippen LogP contribution is -2.31. The van der Waals surface area contributed by atoms with Crippen LogP contribution in [0.4, 0.5) is 0 Å². The Morgan fingerprint density at radius 1 is 0.963 bits per heavy atom. The van der Waals surface area contributed by atoms with E-state index in [1.807, 2.05) is 12.1 Å². The maximum Gasteiger partial charge on any atom is 0.325 e. The molecule has 1 aliphatic carbocycles. The van der Waals surface area contributed by atoms with Gasteiger partial charge in [0.2, 0.25) is 0 Å². The van der Waals surface area contributed by atoms with E-state index in [0.717, 1.165) is 23.7 Å². The third-order valence-corrected chi connectivity index (χ3v) is 5.01. The van der Waals surface area contributed by atoms with Crippen molar-refractivity contribution in [2.24, 2.45) is 0 Å². The van der Waals surface area contributed by atoms with Crippen LogP contribution in [0.15, 0.2) is 46.9 Å². The number of ether oxygens (including phenoxy) is 1. The Hall–Kier alpha value is -2.47. The number of carbonyl (C=O) groups is 3. The molecule has 6 heteroatoms. The molecular weight excluding hydrogens is 410 g/mol. The highest BCUT2D eigenvalue weighted by Gasteiger charge is 2.15. The maximum atomic E-state index is 12.3. The van der Waals surface area contributed by atoms with E-state index in [4.69, 9.17) is 4.74 Å². The third kappa shape index (κ3) is 5.26. The highest BCUT2D eigenvalue weighted by Crippen LogP contribution is 2.22. The molecule has 0 fully saturated rings. The van der Waals surface area contributed by atoms with Crippen LogP contribution in [-0.4, -0.2) is 30.8 Å². The molecule has 0 aliphatic heterocycles. The predicted octanol–water partition coefficient (Wildman–Crippen LogP) is 3.48. The molecule has 2 aromatic rings. The minimum Gasteiger partial charge on any atom is -0.456 e. The molecule has 0 atom stereocenters. The molecule has 0 bridgehead atoms. The Morgan fingerprint density at radius 2 is 1.74 bits per heavy atom. The number of benzene rings is 2. The molecule has 0 saturated carbocycles. The molecule has 0 saturated heterocycles. The van der Waals surface area contributed by atoms with Gasteiger partial charge in [0.1, 0.15) is 6.54 Å². The van der Waals surface area contributed by atoms with E-state index in [0.29, 0.717) is 11.1 Å². The first-order valence-electron chi connectivity index (χ1n) is 8.87. The summed E-state index contributed by atoms with van der Waals surface area (Å²) in [5, 5.41) is 2.48. The van der Waals surface area contributed by atoms with Gasteiger partial charge in [-0.05, 0) is 61.1 Å². The summed E-state index contributed by atoms with van der Waals surface area (Å²) in [6.45, 7) is -0.618. The minimum atomic E-state index is -0.648. The van der Waals surface area contributed by atoms with Crippen molar-refractivity contribution in [1.29, 1.82) is 0 Å². The zero-order chi connectivity index (χ0) is 19.2. The molecule has 0 aromatic heterocycles. The fourth-order valence-electron chi connectivity index (χ4n) is 3.07. The predicted molar refractivity (Wildman–Crippen MR) is 105 cm³/mol. The smallest absolute Gasteiger partial charge is 0.325 e. The number of esters is 1. The molecule has 1 amide bonds. The number of hydrogen-bond donors (Lipinski definition) is 1. The van der Waals surface area contributed by atoms with Gasteiger partial charge in [-0.15, -0.1) is 0 Å². The molecule has 3 rings (SSSR count). The van der Waals surface area contributed by atoms with Crippen LogP contribution in [0.3, 0.4) is 0 Å². The summed E-state index contributed by atoms with van der Waals surface area (Å²) in [6.07, 6.45) is 4.36. The maximum absolute atomic E-state index is 12.3. The van der Waals surface area contributed by atoms with Gasteiger partial charge in [-0.25, -0.2) is 0 Å². The Kier molecular flexibility index (Phi) is 6.40. The lowest BCUT2D eigenvalue weighted by Gasteiger charge is -2.16. The molecule has 0 radical (unpaired) electrons. The van der Waals surface area contributed by atoms with Crippen LogP contribution in [0.5, 0.6) is 0 Å². The summed E-state index contributed by atoms with van der Waals surface area (Å²) in [5.74, 6) is -1.27. The zero-order valence-corrected chi connectivity index (χ0v) is 16.4. The number of hydrogen-bond acceptors (Lipinski definition) is 4. The second kappa shape index (κ2) is 8.95. The third-order valence-electron chi connectivity index (χ3n) is 4.51. The second-order valence-electron chi connectivity index (χ2n) is 6.47. The zero-order valence-electron chi connectivity index (χ0n) is 14.8. The monoisotopic (exact) mass is 429 g/mol. The SMILES string of the molecule is O=C(CNC(=O)c1cccc(Br)c1)OCC(=O)c1ccc2c(c1)CCCC2. The van der Waals surface area contributed by atoms with Crippen LogP contribution < -0.4 is 5.32 Å². The fourth-order valence-corrected chi connectivity index (χ4v) is 3.47. The standard InChI is InChI=1S/C21H20BrNO4/c22-18-7-3-6-17(11-18)21(26)23-12-20(25)27-13-19(24)16-9-8-14-4-1-2-5-15(14)10-16/h3,6-11H,1-2,4-5,12-13H2,(H,23,26). The molecule has 1 aliphatic rings. The van der Waals surface area contributed by atoms with Gasteiger partial charge in [0.05, 0.1) is 0 Å². The molecule has 5 nitrogen and oxygen atoms in total. The topological polar surface area (TPSA) is 72.5 Å². The van der Waals surface area contributed by atoms with Crippen molar-refractivity contribution >= 4 is 33.6 Å². The van der Waals surface area contributed by atoms with Crippen molar-refractivity contribution in [3.05, 3.63) is 69.2 Å². The lowest BCUT2D eigenvalue weighted by atomic mass is 9.90. The van der Waals surface area contributed by atoms with Crippen LogP contribution in [0, 0.1) is 0 Å². The number of Topliss-reactive ketones (excluding diaryl/α,β-unsaturated/α-hetero) is 1. The molecule has 1 N–H and O–H groups in total. The van der Waals surface area contributed by atoms with Gasteiger partial charge in [0.15, 0.2) is 12.4 Å². The van der Waals surface area contributed by atoms with E-state index < -0.39 is 5.97 Å². The number of carbonyl (C=O) groups excluding carboxylic acids is 3. The molecule has 0 spiro atoms. The average molecular weight is 430 g/mol. The lowest BCUT2D eigenvalue weighted by molar-refractivity contribution is -0.141. The summed E-state index contributed by atoms with van der Waals surface area (Å²) in [6, 6.07) is 12.5. The summed E-state index contributed by atoms with van der Waals surface area (Å²) >= 11 is 3.29. The number of nitrogens with one attached hydrogen (secondary N) is 1. The summed E-state index contributed by atoms with van der Waals surface area (Å²) in [4.78, 5) is 36.1. The molecule has 2 aromatic carbocycles. The molecular formula is C21H20BrNO4. The number of halogens is 1. The average Bonchev–Trinajstić information content (AvgIpc) is 2.69. The van der Waals surface area contributed by atoms with E-state index in [1.165, 1.54) is 17.5 Å². The van der Waals surface area contributed by atoms with E-state index in [2.05, 4.69) is 21.2 Å². The van der Waals surface area contributed by atoms with Gasteiger partial charge < -0.3 is 10.1 Å². The van der Waals surface area contributed by atoms with Gasteiger partial charge in [0, 0.05) is 15.6 Å². The molecule has 27 heavy (non-hydrogen) atoms. The van der Waals surface area contributed by atoms with Crippen molar-refractivity contribution < 1.29 is 19.1 Å². The number of rotatable bonds is 6. The van der Waals surface area contributed by atoms with Crippen molar-refractivity contribution in [2.45, 2.75) is 25.7 Å². The van der Waals surface area contributed by atoms with Gasteiger partial charge in [-0.2, -0.15) is 0 Å². The van der Waals surface area contributed by atoms with E-state index in [9.17, 15) is 14.4 Å². The first kappa shape index (κ1) is 19.3. The quantitative estimate of drug-likeness (QED) is 0.563. The summed E-state index contributed by atoms with van der Waals surface area (Å²) in [7, 11) is 0. The Labute approximate surface area is 166 Å². The normalized spacial score (nSPS) is 12.8. The second-order valence-corrected chi connectivity index (χ2v) is 7.38. The molecule has 0 heterocycles. The van der Waals surface area contributed by atoms with Gasteiger partial charge in [-0.1, -0.05) is 34.1 Å². The van der Waals surface area contributed by atoms with Crippen molar-refractivity contribution in [1.82, 2.24) is 5.32 Å². The van der Waals surface area contributed by atoms with Crippen LogP contribution in [-0.2, 0) is 22.4 Å². The number of fused-ring (bicyclic) bond motifs is 1. The van der Waals surface area contributed by atoms with Crippen LogP contribution in [0.25, 0.3) is 0 Å². The van der Waals surface area contributed by atoms with Gasteiger partial charge in [-0.3, -0.25) is 14.4 Å². The first-order chi connectivity index (χ1) is 13.0. The summed E-state index contributed by atoms with van der Waals surface area (Å²) < 4.78 is 5.77. The minimum absolute atomic E-state index is 0.241. The highest BCUT2D eigenvalue weighted by molar-refractivity contribution is 9.10. The van der Waals surface area contributed by atoms with Crippen molar-refractivity contribution in [2.75, 3.05) is 13.2 Å². The van der Waals surface area contributed by atoms with Crippen LogP contribution in [0.2, 0.25) is 0 Å². The van der Waals surface area contributed by atoms with Gasteiger partial charge >= 0.3 is 5.97 Å². The van der Waals surface area contributed by atoms with Crippen LogP contribution in [0.1, 0.15) is 44.7 Å². The van der Waals surface area contributed by atoms with Crippen molar-refractivity contribution in [3.8, 4) is 0 Å². The Balaban J connectivity index is 1.47. The Bertz CT molecular complexity index is 878. The first-order valence-corrected chi connectivity index (χ1v) is 9.66. The molecule has 140 valence electrons.